The predicted octanol–water partition coefficient (Wildman–Crippen LogP) is 3.00. The summed E-state index contributed by atoms with van der Waals surface area (Å²) in [5.74, 6) is 0.404. The second-order valence-corrected chi connectivity index (χ2v) is 6.89. The van der Waals surface area contributed by atoms with Crippen LogP contribution in [0.2, 0.25) is 5.02 Å². The zero-order valence-corrected chi connectivity index (χ0v) is 15.7. The van der Waals surface area contributed by atoms with E-state index in [9.17, 15) is 4.79 Å². The third-order valence-electron chi connectivity index (χ3n) is 4.61. The molecule has 0 bridgehead atoms. The Morgan fingerprint density at radius 1 is 1.33 bits per heavy atom. The van der Waals surface area contributed by atoms with Gasteiger partial charge in [0.1, 0.15) is 17.2 Å². The maximum absolute atomic E-state index is 13.0. The summed E-state index contributed by atoms with van der Waals surface area (Å²) < 4.78 is 5.42. The lowest BCUT2D eigenvalue weighted by Crippen LogP contribution is -2.36. The molecule has 7 nitrogen and oxygen atoms in total. The van der Waals surface area contributed by atoms with E-state index in [1.807, 2.05) is 19.1 Å². The number of H-pyrrole nitrogens is 1. The molecule has 0 saturated carbocycles. The summed E-state index contributed by atoms with van der Waals surface area (Å²) >= 11 is 6.18. The van der Waals surface area contributed by atoms with Crippen molar-refractivity contribution in [2.45, 2.75) is 13.5 Å². The first-order valence-corrected chi connectivity index (χ1v) is 9.20. The van der Waals surface area contributed by atoms with Crippen molar-refractivity contribution in [3.8, 4) is 0 Å². The van der Waals surface area contributed by atoms with Crippen LogP contribution >= 0.6 is 11.6 Å². The van der Waals surface area contributed by atoms with E-state index in [0.29, 0.717) is 47.6 Å². The Labute approximate surface area is 161 Å². The number of aromatic nitrogens is 3. The van der Waals surface area contributed by atoms with Gasteiger partial charge in [0.15, 0.2) is 0 Å². The number of fused-ring (bicyclic) bond motifs is 1. The van der Waals surface area contributed by atoms with Crippen molar-refractivity contribution in [2.75, 3.05) is 31.6 Å². The number of morpholine rings is 1. The Bertz CT molecular complexity index is 981. The first-order chi connectivity index (χ1) is 13.1. The highest BCUT2D eigenvalue weighted by Crippen LogP contribution is 2.26. The van der Waals surface area contributed by atoms with Gasteiger partial charge in [0.2, 0.25) is 0 Å². The number of hydrogen-bond donors (Lipinski definition) is 2. The number of aromatic amines is 1. The highest BCUT2D eigenvalue weighted by molar-refractivity contribution is 6.33. The number of aryl methyl sites for hydroxylation is 1. The maximum atomic E-state index is 13.0. The van der Waals surface area contributed by atoms with Gasteiger partial charge in [-0.1, -0.05) is 23.7 Å². The molecule has 3 aromatic rings. The van der Waals surface area contributed by atoms with Crippen molar-refractivity contribution in [2.24, 2.45) is 0 Å². The van der Waals surface area contributed by atoms with Crippen LogP contribution < -0.4 is 5.32 Å². The molecular formula is C19H20ClN5O2. The largest absolute Gasteiger partial charge is 0.379 e. The van der Waals surface area contributed by atoms with Crippen molar-refractivity contribution in [3.63, 3.8) is 0 Å². The Kier molecular flexibility index (Phi) is 5.07. The van der Waals surface area contributed by atoms with Crippen LogP contribution in [0.5, 0.6) is 0 Å². The van der Waals surface area contributed by atoms with Gasteiger partial charge in [-0.15, -0.1) is 0 Å². The number of nitrogens with zero attached hydrogens (tertiary/aromatic N) is 3. The molecule has 1 saturated heterocycles. The van der Waals surface area contributed by atoms with E-state index in [1.165, 1.54) is 0 Å². The monoisotopic (exact) mass is 385 g/mol. The van der Waals surface area contributed by atoms with E-state index in [-0.39, 0.29) is 5.91 Å². The Morgan fingerprint density at radius 2 is 2.11 bits per heavy atom. The second-order valence-electron chi connectivity index (χ2n) is 6.48. The van der Waals surface area contributed by atoms with Crippen LogP contribution in [0.4, 0.5) is 5.69 Å². The van der Waals surface area contributed by atoms with Gasteiger partial charge in [-0.25, -0.2) is 9.97 Å². The molecule has 1 amide bonds. The molecule has 0 spiro atoms. The fraction of sp³-hybridized carbons (Fsp3) is 0.316. The molecule has 4 rings (SSSR count). The van der Waals surface area contributed by atoms with Crippen LogP contribution in [0.1, 0.15) is 21.9 Å². The number of halogens is 1. The minimum atomic E-state index is -0.248. The summed E-state index contributed by atoms with van der Waals surface area (Å²) in [6.45, 7) is 5.49. The number of nitrogens with one attached hydrogen (secondary N) is 2. The fourth-order valence-corrected chi connectivity index (χ4v) is 3.39. The highest BCUT2D eigenvalue weighted by atomic mass is 35.5. The molecule has 2 N–H and O–H groups in total. The zero-order chi connectivity index (χ0) is 18.8. The van der Waals surface area contributed by atoms with Gasteiger partial charge in [0.05, 0.1) is 23.9 Å². The van der Waals surface area contributed by atoms with Crippen molar-refractivity contribution >= 4 is 34.2 Å². The van der Waals surface area contributed by atoms with Gasteiger partial charge in [-0.2, -0.15) is 0 Å². The van der Waals surface area contributed by atoms with Crippen molar-refractivity contribution < 1.29 is 9.53 Å². The van der Waals surface area contributed by atoms with Gasteiger partial charge in [-0.3, -0.25) is 9.69 Å². The average Bonchev–Trinajstić information content (AvgIpc) is 3.02. The summed E-state index contributed by atoms with van der Waals surface area (Å²) in [5, 5.41) is 4.24. The number of para-hydroxylation sites is 1. The molecule has 1 fully saturated rings. The number of carbonyl (C=O) groups is 1. The lowest BCUT2D eigenvalue weighted by atomic mass is 10.1. The van der Waals surface area contributed by atoms with Crippen LogP contribution in [-0.4, -0.2) is 52.1 Å². The number of amides is 1. The molecule has 3 heterocycles. The summed E-state index contributed by atoms with van der Waals surface area (Å²) in [6.07, 6.45) is 1.77. The van der Waals surface area contributed by atoms with Crippen LogP contribution in [-0.2, 0) is 11.3 Å². The summed E-state index contributed by atoms with van der Waals surface area (Å²) in [5.41, 5.74) is 2.60. The van der Waals surface area contributed by atoms with Crippen LogP contribution in [0, 0.1) is 6.92 Å². The summed E-state index contributed by atoms with van der Waals surface area (Å²) in [6, 6.07) is 7.17. The van der Waals surface area contributed by atoms with E-state index in [0.717, 1.165) is 24.0 Å². The fourth-order valence-electron chi connectivity index (χ4n) is 3.20. The zero-order valence-electron chi connectivity index (χ0n) is 15.0. The third-order valence-corrected chi connectivity index (χ3v) is 4.94. The Morgan fingerprint density at radius 3 is 2.89 bits per heavy atom. The maximum Gasteiger partial charge on any atom is 0.272 e. The van der Waals surface area contributed by atoms with E-state index in [2.05, 4.69) is 25.2 Å². The molecule has 2 aromatic heterocycles. The molecule has 140 valence electrons. The molecular weight excluding hydrogens is 366 g/mol. The number of benzene rings is 1. The minimum absolute atomic E-state index is 0.248. The number of anilines is 1. The molecule has 1 aliphatic rings. The lowest BCUT2D eigenvalue weighted by Gasteiger charge is -2.26. The first-order valence-electron chi connectivity index (χ1n) is 8.82. The molecule has 0 aliphatic carbocycles. The van der Waals surface area contributed by atoms with Crippen LogP contribution in [0.3, 0.4) is 0 Å². The summed E-state index contributed by atoms with van der Waals surface area (Å²) in [4.78, 5) is 27.2. The SMILES string of the molecule is Cc1ncc2c(CN3CCOCC3)c(C(=O)Nc3ccccc3Cl)[nH]c2n1. The molecule has 8 heteroatoms. The van der Waals surface area contributed by atoms with Gasteiger partial charge in [0.25, 0.3) is 5.91 Å². The Balaban J connectivity index is 1.70. The van der Waals surface area contributed by atoms with Crippen LogP contribution in [0.25, 0.3) is 11.0 Å². The highest BCUT2D eigenvalue weighted by Gasteiger charge is 2.22. The smallest absolute Gasteiger partial charge is 0.272 e. The lowest BCUT2D eigenvalue weighted by molar-refractivity contribution is 0.0342. The molecule has 0 unspecified atom stereocenters. The molecule has 1 aromatic carbocycles. The first kappa shape index (κ1) is 17.9. The number of rotatable bonds is 4. The topological polar surface area (TPSA) is 83.1 Å². The molecule has 0 atom stereocenters. The number of hydrogen-bond acceptors (Lipinski definition) is 5. The third kappa shape index (κ3) is 3.80. The standard InChI is InChI=1S/C19H20ClN5O2/c1-12-21-10-13-14(11-25-6-8-27-9-7-25)17(24-18(13)22-12)19(26)23-16-5-3-2-4-15(16)20/h2-5,10H,6-9,11H2,1H3,(H,23,26)(H,21,22,24). The molecule has 27 heavy (non-hydrogen) atoms. The summed E-state index contributed by atoms with van der Waals surface area (Å²) in [7, 11) is 0. The van der Waals surface area contributed by atoms with Crippen molar-refractivity contribution in [1.29, 1.82) is 0 Å². The van der Waals surface area contributed by atoms with Crippen molar-refractivity contribution in [3.05, 3.63) is 52.6 Å². The second kappa shape index (κ2) is 7.64. The van der Waals surface area contributed by atoms with E-state index in [4.69, 9.17) is 16.3 Å². The number of ether oxygens (including phenoxy) is 1. The number of carbonyl (C=O) groups excluding carboxylic acids is 1. The molecule has 1 aliphatic heterocycles. The minimum Gasteiger partial charge on any atom is -0.379 e. The van der Waals surface area contributed by atoms with E-state index < -0.39 is 0 Å². The quantitative estimate of drug-likeness (QED) is 0.721. The van der Waals surface area contributed by atoms with Crippen molar-refractivity contribution in [1.82, 2.24) is 19.9 Å². The predicted molar refractivity (Wildman–Crippen MR) is 104 cm³/mol. The van der Waals surface area contributed by atoms with Gasteiger partial charge < -0.3 is 15.0 Å². The van der Waals surface area contributed by atoms with E-state index in [1.54, 1.807) is 18.3 Å². The average molecular weight is 386 g/mol. The normalized spacial score (nSPS) is 15.2. The van der Waals surface area contributed by atoms with Gasteiger partial charge in [0, 0.05) is 36.8 Å². The van der Waals surface area contributed by atoms with Gasteiger partial charge in [-0.05, 0) is 19.1 Å². The van der Waals surface area contributed by atoms with Crippen LogP contribution in [0.15, 0.2) is 30.5 Å². The Hall–Kier alpha value is -2.48. The van der Waals surface area contributed by atoms with Gasteiger partial charge >= 0.3 is 0 Å². The van der Waals surface area contributed by atoms with E-state index >= 15 is 0 Å². The molecule has 0 radical (unpaired) electrons.